The van der Waals surface area contributed by atoms with Gasteiger partial charge in [0.15, 0.2) is 5.96 Å². The summed E-state index contributed by atoms with van der Waals surface area (Å²) in [5.74, 6) is 1.66. The lowest BCUT2D eigenvalue weighted by atomic mass is 10.2. The number of rotatable bonds is 6. The van der Waals surface area contributed by atoms with E-state index in [0.29, 0.717) is 45.8 Å². The molecule has 11 heteroatoms. The van der Waals surface area contributed by atoms with Gasteiger partial charge in [-0.2, -0.15) is 13.2 Å². The zero-order valence-electron chi connectivity index (χ0n) is 16.0. The highest BCUT2D eigenvalue weighted by Gasteiger charge is 2.41. The molecule has 2 heterocycles. The van der Waals surface area contributed by atoms with Crippen molar-refractivity contribution >= 4 is 29.9 Å². The van der Waals surface area contributed by atoms with Crippen molar-refractivity contribution in [3.63, 3.8) is 0 Å². The zero-order chi connectivity index (χ0) is 19.2. The van der Waals surface area contributed by atoms with Crippen molar-refractivity contribution in [2.45, 2.75) is 46.0 Å². The van der Waals surface area contributed by atoms with Crippen LogP contribution in [0.15, 0.2) is 11.3 Å². The lowest BCUT2D eigenvalue weighted by Gasteiger charge is -2.39. The van der Waals surface area contributed by atoms with Gasteiger partial charge in [0.2, 0.25) is 0 Å². The molecule has 1 aliphatic heterocycles. The highest BCUT2D eigenvalue weighted by molar-refractivity contribution is 14.0. The summed E-state index contributed by atoms with van der Waals surface area (Å²) >= 11 is 0. The number of aliphatic imine (C=N–C) groups is 1. The number of halogens is 4. The van der Waals surface area contributed by atoms with E-state index in [2.05, 4.69) is 20.5 Å². The van der Waals surface area contributed by atoms with Gasteiger partial charge in [0.25, 0.3) is 0 Å². The number of aromatic nitrogens is 3. The molecule has 0 spiro atoms. The first-order chi connectivity index (χ1) is 12.4. The fourth-order valence-corrected chi connectivity index (χ4v) is 2.96. The molecule has 1 unspecified atom stereocenters. The van der Waals surface area contributed by atoms with Crippen LogP contribution < -0.4 is 5.32 Å². The van der Waals surface area contributed by atoms with Crippen molar-refractivity contribution in [1.29, 1.82) is 0 Å². The first kappa shape index (κ1) is 23.9. The maximum absolute atomic E-state index is 12.9. The molecule has 0 saturated carbocycles. The number of guanidine groups is 1. The summed E-state index contributed by atoms with van der Waals surface area (Å²) in [5, 5.41) is 11.2. The van der Waals surface area contributed by atoms with Gasteiger partial charge in [-0.15, -0.1) is 34.2 Å². The van der Waals surface area contributed by atoms with Crippen molar-refractivity contribution in [2.75, 3.05) is 39.3 Å². The fourth-order valence-electron chi connectivity index (χ4n) is 2.96. The van der Waals surface area contributed by atoms with Crippen molar-refractivity contribution in [1.82, 2.24) is 29.9 Å². The Balaban J connectivity index is 0.00000364. The minimum atomic E-state index is -4.18. The van der Waals surface area contributed by atoms with Crippen LogP contribution in [0, 0.1) is 0 Å². The maximum Gasteiger partial charge on any atom is 0.403 e. The van der Waals surface area contributed by atoms with Crippen LogP contribution in [0.25, 0.3) is 0 Å². The van der Waals surface area contributed by atoms with E-state index < -0.39 is 12.2 Å². The molecule has 156 valence electrons. The number of alkyl halides is 3. The van der Waals surface area contributed by atoms with Crippen LogP contribution in [-0.2, 0) is 13.0 Å². The zero-order valence-corrected chi connectivity index (χ0v) is 18.4. The molecule has 1 atom stereocenters. The maximum atomic E-state index is 12.9. The van der Waals surface area contributed by atoms with Crippen molar-refractivity contribution in [3.05, 3.63) is 12.2 Å². The summed E-state index contributed by atoms with van der Waals surface area (Å²) < 4.78 is 40.6. The number of hydrogen-bond donors (Lipinski definition) is 1. The van der Waals surface area contributed by atoms with Crippen LogP contribution in [0.5, 0.6) is 0 Å². The first-order valence-electron chi connectivity index (χ1n) is 9.07. The Labute approximate surface area is 175 Å². The van der Waals surface area contributed by atoms with E-state index in [9.17, 15) is 13.2 Å². The van der Waals surface area contributed by atoms with E-state index in [1.165, 1.54) is 11.8 Å². The number of nitrogens with zero attached hydrogens (tertiary/aromatic N) is 6. The Morgan fingerprint density at radius 3 is 2.48 bits per heavy atom. The van der Waals surface area contributed by atoms with E-state index in [4.69, 9.17) is 0 Å². The number of piperazine rings is 1. The Bertz CT molecular complexity index is 583. The highest BCUT2D eigenvalue weighted by Crippen LogP contribution is 2.25. The summed E-state index contributed by atoms with van der Waals surface area (Å²) in [7, 11) is 0. The monoisotopic (exact) mass is 503 g/mol. The number of aryl methyl sites for hydroxylation is 1. The van der Waals surface area contributed by atoms with Crippen LogP contribution in [-0.4, -0.2) is 82.0 Å². The highest BCUT2D eigenvalue weighted by atomic mass is 127. The first-order valence-corrected chi connectivity index (χ1v) is 9.07. The molecule has 0 amide bonds. The molecular formula is C16H29F3IN7. The van der Waals surface area contributed by atoms with Crippen LogP contribution in [0.3, 0.4) is 0 Å². The van der Waals surface area contributed by atoms with Gasteiger partial charge in [-0.3, -0.25) is 9.89 Å². The summed E-state index contributed by atoms with van der Waals surface area (Å²) in [6, 6.07) is -1.41. The van der Waals surface area contributed by atoms with Crippen LogP contribution in [0.4, 0.5) is 13.2 Å². The summed E-state index contributed by atoms with van der Waals surface area (Å²) in [4.78, 5) is 8.12. The third-order valence-corrected chi connectivity index (χ3v) is 4.58. The van der Waals surface area contributed by atoms with E-state index in [1.807, 2.05) is 23.3 Å². The molecule has 1 fully saturated rings. The molecule has 0 aliphatic carbocycles. The molecule has 1 N–H and O–H groups in total. The lowest BCUT2D eigenvalue weighted by molar-refractivity contribution is -0.181. The quantitative estimate of drug-likeness (QED) is 0.366. The van der Waals surface area contributed by atoms with E-state index >= 15 is 0 Å². The minimum absolute atomic E-state index is 0. The molecule has 0 radical (unpaired) electrons. The van der Waals surface area contributed by atoms with Crippen molar-refractivity contribution in [3.8, 4) is 0 Å². The standard InChI is InChI=1S/C16H28F3N7.HI/c1-4-14-23-22-12-26(14)7-6-21-15(20-5-2)25-10-8-24(9-11-25)13(3)16(17,18)19;/h12-13H,4-11H2,1-3H3,(H,20,21);1H. The summed E-state index contributed by atoms with van der Waals surface area (Å²) in [6.07, 6.45) is -1.68. The minimum Gasteiger partial charge on any atom is -0.357 e. The summed E-state index contributed by atoms with van der Waals surface area (Å²) in [5.41, 5.74) is 0. The average Bonchev–Trinajstić information content (AvgIpc) is 3.07. The Hall–Kier alpha value is -1.11. The molecule has 0 bridgehead atoms. The largest absolute Gasteiger partial charge is 0.403 e. The van der Waals surface area contributed by atoms with E-state index in [1.54, 1.807) is 6.33 Å². The van der Waals surface area contributed by atoms with Gasteiger partial charge >= 0.3 is 6.18 Å². The molecule has 27 heavy (non-hydrogen) atoms. The molecule has 1 aliphatic rings. The van der Waals surface area contributed by atoms with E-state index in [-0.39, 0.29) is 24.0 Å². The molecule has 0 aromatic carbocycles. The third-order valence-electron chi connectivity index (χ3n) is 4.58. The second kappa shape index (κ2) is 11.0. The summed E-state index contributed by atoms with van der Waals surface area (Å²) in [6.45, 7) is 8.97. The molecular weight excluding hydrogens is 474 g/mol. The topological polar surface area (TPSA) is 61.6 Å². The van der Waals surface area contributed by atoms with Gasteiger partial charge in [-0.05, 0) is 13.8 Å². The second-order valence-electron chi connectivity index (χ2n) is 6.27. The van der Waals surface area contributed by atoms with Gasteiger partial charge < -0.3 is 14.8 Å². The predicted octanol–water partition coefficient (Wildman–Crippen LogP) is 1.99. The van der Waals surface area contributed by atoms with Crippen molar-refractivity contribution < 1.29 is 13.2 Å². The predicted molar refractivity (Wildman–Crippen MR) is 109 cm³/mol. The van der Waals surface area contributed by atoms with Crippen LogP contribution in [0.2, 0.25) is 0 Å². The SMILES string of the molecule is CCNC(=NCCn1cnnc1CC)N1CCN(C(C)C(F)(F)F)CC1.I. The average molecular weight is 503 g/mol. The van der Waals surface area contributed by atoms with Gasteiger partial charge in [-0.25, -0.2) is 0 Å². The molecule has 1 aromatic rings. The third kappa shape index (κ3) is 6.77. The molecule has 2 rings (SSSR count). The molecule has 7 nitrogen and oxygen atoms in total. The second-order valence-corrected chi connectivity index (χ2v) is 6.27. The van der Waals surface area contributed by atoms with Gasteiger partial charge in [0.1, 0.15) is 18.2 Å². The van der Waals surface area contributed by atoms with Gasteiger partial charge in [0.05, 0.1) is 6.54 Å². The van der Waals surface area contributed by atoms with Gasteiger partial charge in [-0.1, -0.05) is 6.92 Å². The molecule has 1 aromatic heterocycles. The Morgan fingerprint density at radius 1 is 1.26 bits per heavy atom. The van der Waals surface area contributed by atoms with Crippen LogP contribution in [0.1, 0.15) is 26.6 Å². The molecule has 1 saturated heterocycles. The van der Waals surface area contributed by atoms with E-state index in [0.717, 1.165) is 18.2 Å². The Kier molecular flexibility index (Phi) is 9.77. The Morgan fingerprint density at radius 2 is 1.93 bits per heavy atom. The fraction of sp³-hybridized carbons (Fsp3) is 0.812. The smallest absolute Gasteiger partial charge is 0.357 e. The number of nitrogens with one attached hydrogen (secondary N) is 1. The van der Waals surface area contributed by atoms with Crippen molar-refractivity contribution in [2.24, 2.45) is 4.99 Å². The van der Waals surface area contributed by atoms with Gasteiger partial charge in [0, 0.05) is 45.7 Å². The lowest BCUT2D eigenvalue weighted by Crippen LogP contribution is -2.56. The number of hydrogen-bond acceptors (Lipinski definition) is 4. The van der Waals surface area contributed by atoms with Crippen LogP contribution >= 0.6 is 24.0 Å². The normalized spacial score (nSPS) is 17.6.